The summed E-state index contributed by atoms with van der Waals surface area (Å²) >= 11 is 0. The number of rotatable bonds is 6. The predicted octanol–water partition coefficient (Wildman–Crippen LogP) is 2.19. The van der Waals surface area contributed by atoms with Crippen molar-refractivity contribution in [2.45, 2.75) is 45.6 Å². The molecule has 7 nitrogen and oxygen atoms in total. The third-order valence-corrected chi connectivity index (χ3v) is 4.25. The second-order valence-electron chi connectivity index (χ2n) is 6.10. The van der Waals surface area contributed by atoms with Gasteiger partial charge >= 0.3 is 5.97 Å². The van der Waals surface area contributed by atoms with E-state index in [1.54, 1.807) is 36.9 Å². The number of nitrogens with zero attached hydrogens (tertiary/aromatic N) is 1. The summed E-state index contributed by atoms with van der Waals surface area (Å²) in [5.41, 5.74) is 1.39. The van der Waals surface area contributed by atoms with Gasteiger partial charge in [-0.25, -0.2) is 4.79 Å². The first-order valence-corrected chi connectivity index (χ1v) is 8.48. The smallest absolute Gasteiger partial charge is 0.341 e. The van der Waals surface area contributed by atoms with E-state index in [1.165, 1.54) is 0 Å². The van der Waals surface area contributed by atoms with E-state index >= 15 is 0 Å². The monoisotopic (exact) mass is 348 g/mol. The van der Waals surface area contributed by atoms with Crippen molar-refractivity contribution < 1.29 is 24.2 Å². The fourth-order valence-corrected chi connectivity index (χ4v) is 2.93. The molecule has 1 atom stereocenters. The lowest BCUT2D eigenvalue weighted by Crippen LogP contribution is -2.49. The van der Waals surface area contributed by atoms with Gasteiger partial charge in [0, 0.05) is 18.7 Å². The van der Waals surface area contributed by atoms with Gasteiger partial charge in [-0.1, -0.05) is 6.92 Å². The molecule has 136 valence electrons. The molecule has 1 unspecified atom stereocenters. The van der Waals surface area contributed by atoms with Crippen molar-refractivity contribution in [2.75, 3.05) is 18.5 Å². The number of ether oxygens (including phenoxy) is 1. The topological polar surface area (TPSA) is 95.9 Å². The first-order chi connectivity index (χ1) is 11.9. The van der Waals surface area contributed by atoms with Gasteiger partial charge in [0.1, 0.15) is 11.8 Å². The Morgan fingerprint density at radius 2 is 2.08 bits per heavy atom. The molecule has 1 aliphatic heterocycles. The van der Waals surface area contributed by atoms with Crippen molar-refractivity contribution in [2.24, 2.45) is 0 Å². The molecule has 0 saturated carbocycles. The van der Waals surface area contributed by atoms with Crippen LogP contribution in [0, 0.1) is 6.92 Å². The van der Waals surface area contributed by atoms with E-state index in [0.717, 1.165) is 18.4 Å². The van der Waals surface area contributed by atoms with Gasteiger partial charge in [-0.2, -0.15) is 0 Å². The highest BCUT2D eigenvalue weighted by Gasteiger charge is 2.31. The number of hydrogen-bond donors (Lipinski definition) is 2. The molecule has 25 heavy (non-hydrogen) atoms. The van der Waals surface area contributed by atoms with E-state index in [1.807, 2.05) is 0 Å². The molecule has 2 N–H and O–H groups in total. The summed E-state index contributed by atoms with van der Waals surface area (Å²) in [5.74, 6) is -0.816. The Balaban J connectivity index is 2.06. The summed E-state index contributed by atoms with van der Waals surface area (Å²) in [7, 11) is 0. The van der Waals surface area contributed by atoms with Crippen LogP contribution in [0.1, 0.15) is 38.2 Å². The zero-order valence-corrected chi connectivity index (χ0v) is 14.6. The third-order valence-electron chi connectivity index (χ3n) is 4.25. The molecule has 0 bridgehead atoms. The molecular formula is C18H24N2O5. The van der Waals surface area contributed by atoms with Gasteiger partial charge < -0.3 is 20.1 Å². The van der Waals surface area contributed by atoms with Crippen LogP contribution in [-0.4, -0.2) is 47.0 Å². The third kappa shape index (κ3) is 4.95. The number of amides is 2. The Bertz CT molecular complexity index is 659. The van der Waals surface area contributed by atoms with Crippen LogP contribution in [0.2, 0.25) is 0 Å². The van der Waals surface area contributed by atoms with Crippen molar-refractivity contribution in [1.29, 1.82) is 0 Å². The first kappa shape index (κ1) is 18.8. The number of aryl methyl sites for hydroxylation is 1. The van der Waals surface area contributed by atoms with Gasteiger partial charge in [0.25, 0.3) is 0 Å². The summed E-state index contributed by atoms with van der Waals surface area (Å²) in [6.45, 7) is 3.80. The Kier molecular flexibility index (Phi) is 6.38. The van der Waals surface area contributed by atoms with Crippen LogP contribution in [0.3, 0.4) is 0 Å². The molecule has 0 radical (unpaired) electrons. The molecule has 7 heteroatoms. The van der Waals surface area contributed by atoms with E-state index in [2.05, 4.69) is 5.32 Å². The lowest BCUT2D eigenvalue weighted by molar-refractivity contribution is -0.140. The number of benzene rings is 1. The highest BCUT2D eigenvalue weighted by molar-refractivity contribution is 5.97. The van der Waals surface area contributed by atoms with Crippen molar-refractivity contribution in [3.05, 3.63) is 23.8 Å². The van der Waals surface area contributed by atoms with Gasteiger partial charge in [0.15, 0.2) is 6.61 Å². The zero-order chi connectivity index (χ0) is 18.4. The van der Waals surface area contributed by atoms with Crippen molar-refractivity contribution >= 4 is 23.5 Å². The molecule has 1 aromatic carbocycles. The normalized spacial score (nSPS) is 17.0. The van der Waals surface area contributed by atoms with Crippen LogP contribution in [0.15, 0.2) is 18.2 Å². The summed E-state index contributed by atoms with van der Waals surface area (Å²) in [4.78, 5) is 36.9. The van der Waals surface area contributed by atoms with Crippen LogP contribution in [0.5, 0.6) is 5.75 Å². The number of likely N-dealkylation sites (tertiary alicyclic amines) is 1. The summed E-state index contributed by atoms with van der Waals surface area (Å²) in [6.07, 6.45) is 2.89. The lowest BCUT2D eigenvalue weighted by Gasteiger charge is -2.34. The van der Waals surface area contributed by atoms with Gasteiger partial charge in [-0.3, -0.25) is 9.59 Å². The molecule has 0 spiro atoms. The minimum Gasteiger partial charge on any atom is -0.482 e. The Morgan fingerprint density at radius 1 is 1.32 bits per heavy atom. The molecule has 1 aromatic rings. The highest BCUT2D eigenvalue weighted by atomic mass is 16.5. The number of aliphatic carboxylic acids is 1. The van der Waals surface area contributed by atoms with E-state index < -0.39 is 18.6 Å². The standard InChI is InChI=1S/C18H24N2O5/c1-3-16(21)20-9-5-4-6-15(20)18(24)19-14-8-7-13(10-12(14)2)25-11-17(22)23/h7-8,10,15H,3-6,9,11H2,1-2H3,(H,19,24)(H,22,23). The number of hydrogen-bond acceptors (Lipinski definition) is 4. The number of carboxylic acids is 1. The number of carboxylic acid groups (broad SMARTS) is 1. The first-order valence-electron chi connectivity index (χ1n) is 8.48. The Morgan fingerprint density at radius 3 is 2.72 bits per heavy atom. The average molecular weight is 348 g/mol. The maximum Gasteiger partial charge on any atom is 0.341 e. The molecule has 0 aromatic heterocycles. The summed E-state index contributed by atoms with van der Waals surface area (Å²) in [5, 5.41) is 11.5. The number of anilines is 1. The van der Waals surface area contributed by atoms with Crippen LogP contribution >= 0.6 is 0 Å². The van der Waals surface area contributed by atoms with Gasteiger partial charge in [0.05, 0.1) is 0 Å². The molecule has 1 heterocycles. The fourth-order valence-electron chi connectivity index (χ4n) is 2.93. The van der Waals surface area contributed by atoms with Gasteiger partial charge in [-0.15, -0.1) is 0 Å². The second-order valence-corrected chi connectivity index (χ2v) is 6.10. The second kappa shape index (κ2) is 8.50. The number of carbonyl (C=O) groups excluding carboxylic acids is 2. The largest absolute Gasteiger partial charge is 0.482 e. The van der Waals surface area contributed by atoms with Crippen molar-refractivity contribution in [1.82, 2.24) is 4.90 Å². The summed E-state index contributed by atoms with van der Waals surface area (Å²) in [6, 6.07) is 4.53. The summed E-state index contributed by atoms with van der Waals surface area (Å²) < 4.78 is 5.12. The molecule has 2 amide bonds. The van der Waals surface area contributed by atoms with Crippen LogP contribution in [-0.2, 0) is 14.4 Å². The quantitative estimate of drug-likeness (QED) is 0.821. The molecule has 0 aliphatic carbocycles. The highest BCUT2D eigenvalue weighted by Crippen LogP contribution is 2.24. The molecular weight excluding hydrogens is 324 g/mol. The number of piperidine rings is 1. The van der Waals surface area contributed by atoms with Crippen LogP contribution in [0.25, 0.3) is 0 Å². The van der Waals surface area contributed by atoms with E-state index in [4.69, 9.17) is 9.84 Å². The van der Waals surface area contributed by atoms with Gasteiger partial charge in [-0.05, 0) is 49.9 Å². The maximum absolute atomic E-state index is 12.6. The van der Waals surface area contributed by atoms with E-state index in [0.29, 0.717) is 30.8 Å². The maximum atomic E-state index is 12.6. The number of nitrogens with one attached hydrogen (secondary N) is 1. The molecule has 1 fully saturated rings. The SMILES string of the molecule is CCC(=O)N1CCCCC1C(=O)Nc1ccc(OCC(=O)O)cc1C. The molecule has 2 rings (SSSR count). The van der Waals surface area contributed by atoms with Crippen molar-refractivity contribution in [3.63, 3.8) is 0 Å². The predicted molar refractivity (Wildman–Crippen MR) is 92.6 cm³/mol. The molecule has 1 saturated heterocycles. The number of carbonyl (C=O) groups is 3. The minimum atomic E-state index is -1.05. The lowest BCUT2D eigenvalue weighted by atomic mass is 10.0. The van der Waals surface area contributed by atoms with Gasteiger partial charge in [0.2, 0.25) is 11.8 Å². The van der Waals surface area contributed by atoms with Crippen LogP contribution in [0.4, 0.5) is 5.69 Å². The van der Waals surface area contributed by atoms with Crippen molar-refractivity contribution in [3.8, 4) is 5.75 Å². The van der Waals surface area contributed by atoms with E-state index in [9.17, 15) is 14.4 Å². The zero-order valence-electron chi connectivity index (χ0n) is 14.6. The molecule has 1 aliphatic rings. The fraction of sp³-hybridized carbons (Fsp3) is 0.500. The Hall–Kier alpha value is -2.57. The minimum absolute atomic E-state index is 0.00556. The Labute approximate surface area is 147 Å². The van der Waals surface area contributed by atoms with Crippen LogP contribution < -0.4 is 10.1 Å². The average Bonchev–Trinajstić information content (AvgIpc) is 2.61. The van der Waals surface area contributed by atoms with E-state index in [-0.39, 0.29) is 11.8 Å².